The molecule has 3 N–H and O–H groups in total. The Bertz CT molecular complexity index is 488. The second-order valence-electron chi connectivity index (χ2n) is 4.53. The van der Waals surface area contributed by atoms with Gasteiger partial charge in [0.2, 0.25) is 0 Å². The minimum atomic E-state index is 0.372. The molecule has 0 amide bonds. The third-order valence-corrected chi connectivity index (χ3v) is 3.42. The van der Waals surface area contributed by atoms with Gasteiger partial charge in [0, 0.05) is 11.6 Å². The van der Waals surface area contributed by atoms with Crippen molar-refractivity contribution in [1.29, 1.82) is 0 Å². The summed E-state index contributed by atoms with van der Waals surface area (Å²) in [6, 6.07) is 6.24. The van der Waals surface area contributed by atoms with Crippen molar-refractivity contribution in [2.45, 2.75) is 19.8 Å². The molecule has 0 radical (unpaired) electrons. The van der Waals surface area contributed by atoms with Crippen molar-refractivity contribution in [3.05, 3.63) is 35.0 Å². The average Bonchev–Trinajstić information content (AvgIpc) is 2.66. The van der Waals surface area contributed by atoms with E-state index in [9.17, 15) is 0 Å². The van der Waals surface area contributed by atoms with E-state index in [1.54, 1.807) is 0 Å². The zero-order chi connectivity index (χ0) is 11.7. The van der Waals surface area contributed by atoms with Crippen molar-refractivity contribution in [1.82, 2.24) is 4.98 Å². The van der Waals surface area contributed by atoms with Crippen LogP contribution in [0.2, 0.25) is 5.02 Å². The Labute approximate surface area is 101 Å². The Hall–Kier alpha value is -0.990. The van der Waals surface area contributed by atoms with Crippen molar-refractivity contribution >= 4 is 22.5 Å². The lowest BCUT2D eigenvalue weighted by atomic mass is 9.88. The van der Waals surface area contributed by atoms with E-state index in [1.165, 1.54) is 5.56 Å². The SMILES string of the molecule is CC(C)C(CN)c1cc(Cl)c2[nH]ccc2c1. The Balaban J connectivity index is 2.52. The summed E-state index contributed by atoms with van der Waals surface area (Å²) >= 11 is 6.24. The number of aromatic amines is 1. The third kappa shape index (κ3) is 1.95. The normalized spacial score (nSPS) is 13.6. The van der Waals surface area contributed by atoms with Crippen LogP contribution < -0.4 is 5.73 Å². The molecule has 0 aliphatic carbocycles. The number of fused-ring (bicyclic) bond motifs is 1. The minimum absolute atomic E-state index is 0.372. The number of H-pyrrole nitrogens is 1. The van der Waals surface area contributed by atoms with Crippen LogP contribution in [0, 0.1) is 5.92 Å². The standard InChI is InChI=1S/C13H17ClN2/c1-8(2)11(7-15)10-5-9-3-4-16-13(9)12(14)6-10/h3-6,8,11,16H,7,15H2,1-2H3. The number of hydrogen-bond acceptors (Lipinski definition) is 1. The van der Waals surface area contributed by atoms with Gasteiger partial charge in [-0.1, -0.05) is 25.4 Å². The third-order valence-electron chi connectivity index (χ3n) is 3.12. The van der Waals surface area contributed by atoms with Crippen LogP contribution in [0.3, 0.4) is 0 Å². The molecular formula is C13H17ClN2. The molecule has 16 heavy (non-hydrogen) atoms. The molecular weight excluding hydrogens is 220 g/mol. The molecule has 2 aromatic rings. The Morgan fingerprint density at radius 3 is 2.75 bits per heavy atom. The molecule has 1 aromatic carbocycles. The molecule has 86 valence electrons. The molecule has 0 spiro atoms. The predicted molar refractivity (Wildman–Crippen MR) is 69.9 cm³/mol. The van der Waals surface area contributed by atoms with Gasteiger partial charge >= 0.3 is 0 Å². The van der Waals surface area contributed by atoms with Crippen LogP contribution in [0.25, 0.3) is 10.9 Å². The maximum absolute atomic E-state index is 6.24. The molecule has 0 aliphatic heterocycles. The summed E-state index contributed by atoms with van der Waals surface area (Å²) in [7, 11) is 0. The van der Waals surface area contributed by atoms with E-state index in [4.69, 9.17) is 17.3 Å². The fourth-order valence-electron chi connectivity index (χ4n) is 2.16. The van der Waals surface area contributed by atoms with Crippen LogP contribution in [0.1, 0.15) is 25.3 Å². The number of rotatable bonds is 3. The van der Waals surface area contributed by atoms with Crippen molar-refractivity contribution in [2.24, 2.45) is 11.7 Å². The summed E-state index contributed by atoms with van der Waals surface area (Å²) in [5, 5.41) is 1.93. The van der Waals surface area contributed by atoms with Crippen molar-refractivity contribution in [3.8, 4) is 0 Å². The molecule has 0 bridgehead atoms. The van der Waals surface area contributed by atoms with Gasteiger partial charge in [-0.25, -0.2) is 0 Å². The lowest BCUT2D eigenvalue weighted by molar-refractivity contribution is 0.507. The number of nitrogens with one attached hydrogen (secondary N) is 1. The number of halogens is 1. The Kier molecular flexibility index (Phi) is 3.22. The van der Waals surface area contributed by atoms with Crippen LogP contribution in [0.5, 0.6) is 0 Å². The smallest absolute Gasteiger partial charge is 0.0649 e. The fourth-order valence-corrected chi connectivity index (χ4v) is 2.45. The molecule has 1 unspecified atom stereocenters. The van der Waals surface area contributed by atoms with E-state index < -0.39 is 0 Å². The molecule has 1 aromatic heterocycles. The summed E-state index contributed by atoms with van der Waals surface area (Å²) in [5.74, 6) is 0.897. The van der Waals surface area contributed by atoms with E-state index in [0.29, 0.717) is 18.4 Å². The second-order valence-corrected chi connectivity index (χ2v) is 4.94. The molecule has 1 atom stereocenters. The van der Waals surface area contributed by atoms with Gasteiger partial charge in [-0.2, -0.15) is 0 Å². The zero-order valence-electron chi connectivity index (χ0n) is 9.63. The molecule has 0 fully saturated rings. The molecule has 1 heterocycles. The first-order valence-corrected chi connectivity index (χ1v) is 5.98. The first-order valence-electron chi connectivity index (χ1n) is 5.60. The van der Waals surface area contributed by atoms with Crippen LogP contribution in [-0.4, -0.2) is 11.5 Å². The molecule has 2 rings (SSSR count). The molecule has 0 aliphatic rings. The molecule has 0 saturated carbocycles. The van der Waals surface area contributed by atoms with Gasteiger partial charge in [0.1, 0.15) is 0 Å². The minimum Gasteiger partial charge on any atom is -0.360 e. The van der Waals surface area contributed by atoms with Crippen LogP contribution in [0.15, 0.2) is 24.4 Å². The lowest BCUT2D eigenvalue weighted by Crippen LogP contribution is -2.17. The lowest BCUT2D eigenvalue weighted by Gasteiger charge is -2.19. The maximum atomic E-state index is 6.24. The second kappa shape index (κ2) is 4.48. The quantitative estimate of drug-likeness (QED) is 0.841. The number of hydrogen-bond donors (Lipinski definition) is 2. The highest BCUT2D eigenvalue weighted by Gasteiger charge is 2.15. The molecule has 2 nitrogen and oxygen atoms in total. The Morgan fingerprint density at radius 2 is 2.12 bits per heavy atom. The van der Waals surface area contributed by atoms with Gasteiger partial charge in [0.05, 0.1) is 10.5 Å². The van der Waals surface area contributed by atoms with Crippen LogP contribution in [-0.2, 0) is 0 Å². The topological polar surface area (TPSA) is 41.8 Å². The fraction of sp³-hybridized carbons (Fsp3) is 0.385. The van der Waals surface area contributed by atoms with E-state index in [1.807, 2.05) is 18.3 Å². The highest BCUT2D eigenvalue weighted by molar-refractivity contribution is 6.35. The predicted octanol–water partition coefficient (Wildman–Crippen LogP) is 3.52. The monoisotopic (exact) mass is 236 g/mol. The van der Waals surface area contributed by atoms with Gasteiger partial charge in [0.25, 0.3) is 0 Å². The summed E-state index contributed by atoms with van der Waals surface area (Å²) in [4.78, 5) is 3.14. The first kappa shape index (κ1) is 11.5. The number of benzene rings is 1. The highest BCUT2D eigenvalue weighted by atomic mass is 35.5. The summed E-state index contributed by atoms with van der Waals surface area (Å²) in [6.45, 7) is 5.03. The first-order chi connectivity index (χ1) is 7.63. The average molecular weight is 237 g/mol. The Morgan fingerprint density at radius 1 is 1.38 bits per heavy atom. The van der Waals surface area contributed by atoms with E-state index in [2.05, 4.69) is 24.9 Å². The van der Waals surface area contributed by atoms with Gasteiger partial charge in [-0.15, -0.1) is 0 Å². The summed E-state index contributed by atoms with van der Waals surface area (Å²) < 4.78 is 0. The van der Waals surface area contributed by atoms with E-state index >= 15 is 0 Å². The van der Waals surface area contributed by atoms with Gasteiger partial charge < -0.3 is 10.7 Å². The van der Waals surface area contributed by atoms with Crippen molar-refractivity contribution < 1.29 is 0 Å². The van der Waals surface area contributed by atoms with Crippen molar-refractivity contribution in [3.63, 3.8) is 0 Å². The van der Waals surface area contributed by atoms with E-state index in [-0.39, 0.29) is 0 Å². The summed E-state index contributed by atoms with van der Waals surface area (Å²) in [5.41, 5.74) is 8.06. The summed E-state index contributed by atoms with van der Waals surface area (Å²) in [6.07, 6.45) is 1.91. The van der Waals surface area contributed by atoms with Gasteiger partial charge in [-0.05, 0) is 42.1 Å². The number of aromatic nitrogens is 1. The van der Waals surface area contributed by atoms with Crippen LogP contribution in [0.4, 0.5) is 0 Å². The largest absolute Gasteiger partial charge is 0.360 e. The van der Waals surface area contributed by atoms with Gasteiger partial charge in [-0.3, -0.25) is 0 Å². The van der Waals surface area contributed by atoms with Gasteiger partial charge in [0.15, 0.2) is 0 Å². The highest BCUT2D eigenvalue weighted by Crippen LogP contribution is 2.30. The molecule has 0 saturated heterocycles. The van der Waals surface area contributed by atoms with Crippen LogP contribution >= 0.6 is 11.6 Å². The maximum Gasteiger partial charge on any atom is 0.0649 e. The number of nitrogens with two attached hydrogens (primary N) is 1. The van der Waals surface area contributed by atoms with E-state index in [0.717, 1.165) is 15.9 Å². The molecule has 3 heteroatoms. The zero-order valence-corrected chi connectivity index (χ0v) is 10.4. The van der Waals surface area contributed by atoms with Crippen molar-refractivity contribution in [2.75, 3.05) is 6.54 Å².